The molecule has 0 bridgehead atoms. The molecule has 1 aliphatic heterocycles. The van der Waals surface area contributed by atoms with Crippen molar-refractivity contribution in [1.29, 1.82) is 0 Å². The number of piperidine rings is 1. The molecule has 132 valence electrons. The predicted octanol–water partition coefficient (Wildman–Crippen LogP) is 2.40. The SMILES string of the molecule is Cc1cc(=O)cc(C(=O)N2CCC(C(O)Cc3ccccc3)CC2)o1. The number of rotatable bonds is 4. The van der Waals surface area contributed by atoms with Crippen LogP contribution in [0.1, 0.15) is 34.7 Å². The lowest BCUT2D eigenvalue weighted by atomic mass is 9.88. The van der Waals surface area contributed by atoms with E-state index in [1.165, 1.54) is 12.1 Å². The van der Waals surface area contributed by atoms with Crippen LogP contribution >= 0.6 is 0 Å². The first kappa shape index (κ1) is 17.4. The fraction of sp³-hybridized carbons (Fsp3) is 0.400. The lowest BCUT2D eigenvalue weighted by Crippen LogP contribution is -2.41. The Kier molecular flexibility index (Phi) is 5.34. The van der Waals surface area contributed by atoms with Crippen LogP contribution in [0.5, 0.6) is 0 Å². The highest BCUT2D eigenvalue weighted by Crippen LogP contribution is 2.24. The second kappa shape index (κ2) is 7.66. The van der Waals surface area contributed by atoms with Gasteiger partial charge in [-0.1, -0.05) is 30.3 Å². The van der Waals surface area contributed by atoms with Crippen LogP contribution in [0.2, 0.25) is 0 Å². The fourth-order valence-corrected chi connectivity index (χ4v) is 3.37. The molecule has 1 unspecified atom stereocenters. The molecule has 1 aromatic carbocycles. The molecule has 5 nitrogen and oxygen atoms in total. The highest BCUT2D eigenvalue weighted by Gasteiger charge is 2.29. The molecule has 2 aromatic rings. The van der Waals surface area contributed by atoms with Gasteiger partial charge in [0, 0.05) is 25.2 Å². The molecule has 1 saturated heterocycles. The lowest BCUT2D eigenvalue weighted by Gasteiger charge is -2.34. The number of aryl methyl sites for hydroxylation is 1. The van der Waals surface area contributed by atoms with Gasteiger partial charge in [0.25, 0.3) is 5.91 Å². The van der Waals surface area contributed by atoms with Crippen LogP contribution in [0.3, 0.4) is 0 Å². The number of hydrogen-bond acceptors (Lipinski definition) is 4. The molecule has 2 heterocycles. The maximum Gasteiger partial charge on any atom is 0.289 e. The highest BCUT2D eigenvalue weighted by atomic mass is 16.3. The topological polar surface area (TPSA) is 70.8 Å². The van der Waals surface area contributed by atoms with Crippen LogP contribution in [-0.4, -0.2) is 35.1 Å². The lowest BCUT2D eigenvalue weighted by molar-refractivity contribution is 0.0445. The quantitative estimate of drug-likeness (QED) is 0.927. The summed E-state index contributed by atoms with van der Waals surface area (Å²) in [4.78, 5) is 25.7. The van der Waals surface area contributed by atoms with Gasteiger partial charge in [0.2, 0.25) is 0 Å². The van der Waals surface area contributed by atoms with E-state index in [9.17, 15) is 14.7 Å². The number of carbonyl (C=O) groups excluding carboxylic acids is 1. The molecular formula is C20H23NO4. The summed E-state index contributed by atoms with van der Waals surface area (Å²) in [5.74, 6) is 0.447. The fourth-order valence-electron chi connectivity index (χ4n) is 3.37. The number of carbonyl (C=O) groups is 1. The third kappa shape index (κ3) is 4.37. The van der Waals surface area contributed by atoms with Crippen LogP contribution in [0.4, 0.5) is 0 Å². The summed E-state index contributed by atoms with van der Waals surface area (Å²) in [6.45, 7) is 2.78. The van der Waals surface area contributed by atoms with Gasteiger partial charge in [-0.15, -0.1) is 0 Å². The van der Waals surface area contributed by atoms with Crippen LogP contribution in [-0.2, 0) is 6.42 Å². The normalized spacial score (nSPS) is 16.6. The van der Waals surface area contributed by atoms with E-state index in [0.29, 0.717) is 25.3 Å². The van der Waals surface area contributed by atoms with E-state index in [4.69, 9.17) is 4.42 Å². The van der Waals surface area contributed by atoms with Crippen molar-refractivity contribution in [3.63, 3.8) is 0 Å². The molecule has 1 atom stereocenters. The molecule has 3 rings (SSSR count). The molecule has 1 amide bonds. The van der Waals surface area contributed by atoms with Crippen LogP contribution < -0.4 is 5.43 Å². The number of aliphatic hydroxyl groups is 1. The average Bonchev–Trinajstić information content (AvgIpc) is 2.61. The summed E-state index contributed by atoms with van der Waals surface area (Å²) in [6, 6.07) is 12.5. The van der Waals surface area contributed by atoms with Gasteiger partial charge in [0.15, 0.2) is 11.2 Å². The minimum absolute atomic E-state index is 0.0910. The Morgan fingerprint density at radius 2 is 1.92 bits per heavy atom. The predicted molar refractivity (Wildman–Crippen MR) is 94.5 cm³/mol. The third-order valence-electron chi connectivity index (χ3n) is 4.76. The van der Waals surface area contributed by atoms with E-state index in [-0.39, 0.29) is 23.0 Å². The number of likely N-dealkylation sites (tertiary alicyclic amines) is 1. The van der Waals surface area contributed by atoms with Crippen molar-refractivity contribution in [2.45, 2.75) is 32.3 Å². The molecule has 5 heteroatoms. The average molecular weight is 341 g/mol. The zero-order chi connectivity index (χ0) is 17.8. The van der Waals surface area contributed by atoms with Gasteiger partial charge in [-0.25, -0.2) is 0 Å². The summed E-state index contributed by atoms with van der Waals surface area (Å²) in [5.41, 5.74) is 0.898. The van der Waals surface area contributed by atoms with Crippen molar-refractivity contribution in [2.24, 2.45) is 5.92 Å². The van der Waals surface area contributed by atoms with Gasteiger partial charge in [0.05, 0.1) is 6.10 Å². The van der Waals surface area contributed by atoms with Crippen molar-refractivity contribution in [2.75, 3.05) is 13.1 Å². The summed E-state index contributed by atoms with van der Waals surface area (Å²) >= 11 is 0. The zero-order valence-corrected chi connectivity index (χ0v) is 14.4. The largest absolute Gasteiger partial charge is 0.456 e. The molecule has 1 N–H and O–H groups in total. The van der Waals surface area contributed by atoms with Crippen LogP contribution in [0, 0.1) is 12.8 Å². The Morgan fingerprint density at radius 3 is 2.56 bits per heavy atom. The molecule has 0 aliphatic carbocycles. The van der Waals surface area contributed by atoms with Crippen molar-refractivity contribution >= 4 is 5.91 Å². The first-order chi connectivity index (χ1) is 12.0. The molecule has 1 aliphatic rings. The van der Waals surface area contributed by atoms with Crippen LogP contribution in [0.25, 0.3) is 0 Å². The number of nitrogens with zero attached hydrogens (tertiary/aromatic N) is 1. The van der Waals surface area contributed by atoms with Crippen molar-refractivity contribution in [3.05, 3.63) is 69.8 Å². The Hall–Kier alpha value is -2.40. The molecule has 1 fully saturated rings. The smallest absolute Gasteiger partial charge is 0.289 e. The summed E-state index contributed by atoms with van der Waals surface area (Å²) < 4.78 is 5.39. The van der Waals surface area contributed by atoms with E-state index in [1.807, 2.05) is 30.3 Å². The van der Waals surface area contributed by atoms with Gasteiger partial charge < -0.3 is 14.4 Å². The summed E-state index contributed by atoms with van der Waals surface area (Å²) in [5, 5.41) is 10.5. The molecule has 25 heavy (non-hydrogen) atoms. The molecule has 0 saturated carbocycles. The monoisotopic (exact) mass is 341 g/mol. The number of benzene rings is 1. The third-order valence-corrected chi connectivity index (χ3v) is 4.76. The Balaban J connectivity index is 1.57. The first-order valence-corrected chi connectivity index (χ1v) is 8.66. The minimum Gasteiger partial charge on any atom is -0.456 e. The van der Waals surface area contributed by atoms with E-state index >= 15 is 0 Å². The number of aliphatic hydroxyl groups excluding tert-OH is 1. The van der Waals surface area contributed by atoms with E-state index in [1.54, 1.807) is 11.8 Å². The number of amides is 1. The van der Waals surface area contributed by atoms with E-state index in [2.05, 4.69) is 0 Å². The highest BCUT2D eigenvalue weighted by molar-refractivity contribution is 5.91. The van der Waals surface area contributed by atoms with Gasteiger partial charge in [-0.05, 0) is 37.7 Å². The summed E-state index contributed by atoms with van der Waals surface area (Å²) in [7, 11) is 0. The Bertz CT molecular complexity index is 776. The maximum atomic E-state index is 12.5. The summed E-state index contributed by atoms with van der Waals surface area (Å²) in [6.07, 6.45) is 1.72. The van der Waals surface area contributed by atoms with Crippen LogP contribution in [0.15, 0.2) is 51.7 Å². The Labute approximate surface area is 146 Å². The van der Waals surface area contributed by atoms with E-state index < -0.39 is 6.10 Å². The van der Waals surface area contributed by atoms with Gasteiger partial charge in [-0.2, -0.15) is 0 Å². The second-order valence-electron chi connectivity index (χ2n) is 6.65. The minimum atomic E-state index is -0.406. The van der Waals surface area contributed by atoms with Gasteiger partial charge in [-0.3, -0.25) is 9.59 Å². The standard InChI is InChI=1S/C20H23NO4/c1-14-11-17(22)13-19(25-14)20(24)21-9-7-16(8-10-21)18(23)12-15-5-3-2-4-6-15/h2-6,11,13,16,18,23H,7-10,12H2,1H3. The van der Waals surface area contributed by atoms with Gasteiger partial charge in [0.1, 0.15) is 5.76 Å². The van der Waals surface area contributed by atoms with Crippen molar-refractivity contribution in [3.8, 4) is 0 Å². The Morgan fingerprint density at radius 1 is 1.24 bits per heavy atom. The molecule has 0 radical (unpaired) electrons. The first-order valence-electron chi connectivity index (χ1n) is 8.66. The van der Waals surface area contributed by atoms with Gasteiger partial charge >= 0.3 is 0 Å². The maximum absolute atomic E-state index is 12.5. The molecular weight excluding hydrogens is 318 g/mol. The zero-order valence-electron chi connectivity index (χ0n) is 14.4. The van der Waals surface area contributed by atoms with E-state index in [0.717, 1.165) is 18.4 Å². The molecule has 0 spiro atoms. The second-order valence-corrected chi connectivity index (χ2v) is 6.65. The number of hydrogen-bond donors (Lipinski definition) is 1. The molecule has 1 aromatic heterocycles. The van der Waals surface area contributed by atoms with Crippen molar-refractivity contribution in [1.82, 2.24) is 4.90 Å². The van der Waals surface area contributed by atoms with Crippen molar-refractivity contribution < 1.29 is 14.3 Å².